The number of benzene rings is 2. The van der Waals surface area contributed by atoms with E-state index in [9.17, 15) is 0 Å². The summed E-state index contributed by atoms with van der Waals surface area (Å²) in [6, 6.07) is 19.1. The van der Waals surface area contributed by atoms with E-state index in [1.165, 1.54) is 11.1 Å². The van der Waals surface area contributed by atoms with Gasteiger partial charge >= 0.3 is 0 Å². The fourth-order valence-corrected chi connectivity index (χ4v) is 1.80. The fraction of sp³-hybridized carbons (Fsp3) is 0.250. The summed E-state index contributed by atoms with van der Waals surface area (Å²) in [6.07, 6.45) is 0.995. The largest absolute Gasteiger partial charge is 0.383 e. The summed E-state index contributed by atoms with van der Waals surface area (Å²) in [5.74, 6) is 0. The van der Waals surface area contributed by atoms with Gasteiger partial charge in [0.25, 0.3) is 0 Å². The molecule has 0 aliphatic rings. The first-order valence-corrected chi connectivity index (χ1v) is 6.44. The zero-order valence-corrected chi connectivity index (χ0v) is 10.8. The van der Waals surface area contributed by atoms with Crippen molar-refractivity contribution in [2.75, 3.05) is 11.9 Å². The fourth-order valence-electron chi connectivity index (χ4n) is 1.80. The van der Waals surface area contributed by atoms with Crippen LogP contribution in [0.2, 0.25) is 0 Å². The van der Waals surface area contributed by atoms with Crippen molar-refractivity contribution in [2.45, 2.75) is 19.4 Å². The Morgan fingerprint density at radius 2 is 1.56 bits per heavy atom. The van der Waals surface area contributed by atoms with Gasteiger partial charge in [-0.2, -0.15) is 0 Å². The van der Waals surface area contributed by atoms with Crippen molar-refractivity contribution in [1.29, 1.82) is 0 Å². The van der Waals surface area contributed by atoms with Crippen LogP contribution < -0.4 is 11.1 Å². The van der Waals surface area contributed by atoms with Gasteiger partial charge in [-0.3, -0.25) is 0 Å². The number of nitrogens with one attached hydrogen (secondary N) is 1. The quantitative estimate of drug-likeness (QED) is 0.839. The van der Waals surface area contributed by atoms with Crippen LogP contribution in [0.3, 0.4) is 0 Å². The highest BCUT2D eigenvalue weighted by Gasteiger charge is 2.00. The molecule has 2 aromatic carbocycles. The molecule has 0 aliphatic carbocycles. The first kappa shape index (κ1) is 12.7. The van der Waals surface area contributed by atoms with Gasteiger partial charge in [0.05, 0.1) is 0 Å². The van der Waals surface area contributed by atoms with E-state index < -0.39 is 0 Å². The van der Waals surface area contributed by atoms with Crippen molar-refractivity contribution in [2.24, 2.45) is 5.73 Å². The van der Waals surface area contributed by atoms with Crippen molar-refractivity contribution < 1.29 is 0 Å². The van der Waals surface area contributed by atoms with E-state index in [0.717, 1.165) is 18.7 Å². The van der Waals surface area contributed by atoms with Crippen molar-refractivity contribution in [3.63, 3.8) is 0 Å². The van der Waals surface area contributed by atoms with Crippen molar-refractivity contribution >= 4 is 5.69 Å². The lowest BCUT2D eigenvalue weighted by Crippen LogP contribution is -2.27. The molecule has 0 saturated heterocycles. The van der Waals surface area contributed by atoms with Crippen LogP contribution in [0.25, 0.3) is 11.1 Å². The van der Waals surface area contributed by atoms with Gasteiger partial charge in [-0.05, 0) is 29.7 Å². The summed E-state index contributed by atoms with van der Waals surface area (Å²) in [6.45, 7) is 2.92. The molecule has 0 aromatic heterocycles. The van der Waals surface area contributed by atoms with Gasteiger partial charge in [0.1, 0.15) is 0 Å². The van der Waals surface area contributed by atoms with Gasteiger partial charge in [-0.15, -0.1) is 0 Å². The number of hydrogen-bond acceptors (Lipinski definition) is 2. The summed E-state index contributed by atoms with van der Waals surface area (Å²) in [4.78, 5) is 0. The maximum atomic E-state index is 5.88. The molecular formula is C16H20N2. The summed E-state index contributed by atoms with van der Waals surface area (Å²) in [7, 11) is 0. The minimum absolute atomic E-state index is 0.221. The van der Waals surface area contributed by atoms with Gasteiger partial charge in [-0.25, -0.2) is 0 Å². The second-order valence-electron chi connectivity index (χ2n) is 4.49. The molecule has 2 heteroatoms. The zero-order valence-electron chi connectivity index (χ0n) is 10.8. The van der Waals surface area contributed by atoms with E-state index in [1.807, 2.05) is 6.07 Å². The smallest absolute Gasteiger partial charge is 0.0341 e. The third-order valence-electron chi connectivity index (χ3n) is 3.08. The van der Waals surface area contributed by atoms with Gasteiger partial charge in [0, 0.05) is 18.3 Å². The molecule has 2 nitrogen and oxygen atoms in total. The second-order valence-corrected chi connectivity index (χ2v) is 4.49. The van der Waals surface area contributed by atoms with E-state index in [0.29, 0.717) is 0 Å². The SMILES string of the molecule is CCC(N)CNc1ccc(-c2ccccc2)cc1. The highest BCUT2D eigenvalue weighted by Crippen LogP contribution is 2.20. The zero-order chi connectivity index (χ0) is 12.8. The molecule has 0 radical (unpaired) electrons. The average molecular weight is 240 g/mol. The molecular weight excluding hydrogens is 220 g/mol. The Hall–Kier alpha value is -1.80. The van der Waals surface area contributed by atoms with Crippen LogP contribution in [-0.2, 0) is 0 Å². The first-order valence-electron chi connectivity index (χ1n) is 6.44. The molecule has 1 atom stereocenters. The van der Waals surface area contributed by atoms with Crippen LogP contribution in [0.15, 0.2) is 54.6 Å². The van der Waals surface area contributed by atoms with E-state index in [1.54, 1.807) is 0 Å². The first-order chi connectivity index (χ1) is 8.79. The second kappa shape index (κ2) is 6.22. The molecule has 1 unspecified atom stereocenters. The van der Waals surface area contributed by atoms with Gasteiger partial charge in [0.2, 0.25) is 0 Å². The lowest BCUT2D eigenvalue weighted by molar-refractivity contribution is 0.679. The van der Waals surface area contributed by atoms with Crippen molar-refractivity contribution in [3.8, 4) is 11.1 Å². The number of anilines is 1. The molecule has 3 N–H and O–H groups in total. The van der Waals surface area contributed by atoms with E-state index in [-0.39, 0.29) is 6.04 Å². The average Bonchev–Trinajstić information content (AvgIpc) is 2.46. The summed E-state index contributed by atoms with van der Waals surface area (Å²) < 4.78 is 0. The Balaban J connectivity index is 2.02. The van der Waals surface area contributed by atoms with Crippen LogP contribution in [0.4, 0.5) is 5.69 Å². The summed E-state index contributed by atoms with van der Waals surface area (Å²) >= 11 is 0. The lowest BCUT2D eigenvalue weighted by atomic mass is 10.1. The van der Waals surface area contributed by atoms with Crippen LogP contribution >= 0.6 is 0 Å². The Bertz CT molecular complexity index is 462. The lowest BCUT2D eigenvalue weighted by Gasteiger charge is -2.12. The highest BCUT2D eigenvalue weighted by atomic mass is 14.9. The Morgan fingerprint density at radius 1 is 0.944 bits per heavy atom. The third kappa shape index (κ3) is 3.34. The Labute approximate surface area is 109 Å². The van der Waals surface area contributed by atoms with Gasteiger partial charge < -0.3 is 11.1 Å². The summed E-state index contributed by atoms with van der Waals surface area (Å²) in [5.41, 5.74) is 9.48. The van der Waals surface area contributed by atoms with E-state index >= 15 is 0 Å². The van der Waals surface area contributed by atoms with Crippen molar-refractivity contribution in [1.82, 2.24) is 0 Å². The normalized spacial score (nSPS) is 12.1. The minimum atomic E-state index is 0.221. The maximum Gasteiger partial charge on any atom is 0.0341 e. The predicted octanol–water partition coefficient (Wildman–Crippen LogP) is 3.50. The molecule has 94 valence electrons. The molecule has 0 saturated carbocycles. The van der Waals surface area contributed by atoms with E-state index in [4.69, 9.17) is 5.73 Å². The molecule has 0 bridgehead atoms. The summed E-state index contributed by atoms with van der Waals surface area (Å²) in [5, 5.41) is 3.35. The minimum Gasteiger partial charge on any atom is -0.383 e. The van der Waals surface area contributed by atoms with Gasteiger partial charge in [-0.1, -0.05) is 49.4 Å². The third-order valence-corrected chi connectivity index (χ3v) is 3.08. The Kier molecular flexibility index (Phi) is 4.37. The highest BCUT2D eigenvalue weighted by molar-refractivity contribution is 5.65. The molecule has 0 amide bonds. The monoisotopic (exact) mass is 240 g/mol. The molecule has 18 heavy (non-hydrogen) atoms. The molecule has 0 fully saturated rings. The Morgan fingerprint density at radius 3 is 2.17 bits per heavy atom. The van der Waals surface area contributed by atoms with Crippen LogP contribution in [0.5, 0.6) is 0 Å². The van der Waals surface area contributed by atoms with Crippen LogP contribution in [0, 0.1) is 0 Å². The van der Waals surface area contributed by atoms with E-state index in [2.05, 4.69) is 60.8 Å². The number of nitrogens with two attached hydrogens (primary N) is 1. The van der Waals surface area contributed by atoms with Crippen molar-refractivity contribution in [3.05, 3.63) is 54.6 Å². The van der Waals surface area contributed by atoms with Crippen LogP contribution in [-0.4, -0.2) is 12.6 Å². The predicted molar refractivity (Wildman–Crippen MR) is 78.6 cm³/mol. The number of rotatable bonds is 5. The van der Waals surface area contributed by atoms with Gasteiger partial charge in [0.15, 0.2) is 0 Å². The topological polar surface area (TPSA) is 38.0 Å². The molecule has 0 heterocycles. The molecule has 0 spiro atoms. The molecule has 2 aromatic rings. The van der Waals surface area contributed by atoms with Crippen LogP contribution in [0.1, 0.15) is 13.3 Å². The molecule has 2 rings (SSSR count). The molecule has 0 aliphatic heterocycles. The maximum absolute atomic E-state index is 5.88. The standard InChI is InChI=1S/C16H20N2/c1-2-15(17)12-18-16-10-8-14(9-11-16)13-6-4-3-5-7-13/h3-11,15,18H,2,12,17H2,1H3. The number of hydrogen-bond donors (Lipinski definition) is 2.